The molecule has 1 atom stereocenters. The summed E-state index contributed by atoms with van der Waals surface area (Å²) in [5.74, 6) is -0.192. The molecule has 0 saturated heterocycles. The number of rotatable bonds is 2. The second-order valence-corrected chi connectivity index (χ2v) is 6.38. The van der Waals surface area contributed by atoms with Gasteiger partial charge >= 0.3 is 0 Å². The number of para-hydroxylation sites is 1. The van der Waals surface area contributed by atoms with Crippen molar-refractivity contribution >= 4 is 21.6 Å². The molecule has 2 aromatic rings. The summed E-state index contributed by atoms with van der Waals surface area (Å²) >= 11 is 3.52. The number of hydrogen-bond donors (Lipinski definition) is 1. The first-order valence-corrected chi connectivity index (χ1v) is 7.93. The van der Waals surface area contributed by atoms with Gasteiger partial charge in [-0.3, -0.25) is 0 Å². The van der Waals surface area contributed by atoms with Gasteiger partial charge in [0.15, 0.2) is 0 Å². The van der Waals surface area contributed by atoms with Crippen molar-refractivity contribution in [3.63, 3.8) is 0 Å². The van der Waals surface area contributed by atoms with Gasteiger partial charge in [-0.05, 0) is 42.3 Å². The molecule has 0 radical (unpaired) electrons. The van der Waals surface area contributed by atoms with Gasteiger partial charge in [0.25, 0.3) is 0 Å². The fraction of sp³-hybridized carbons (Fsp3) is 0.294. The zero-order valence-electron chi connectivity index (χ0n) is 11.9. The number of benzene rings is 2. The van der Waals surface area contributed by atoms with Gasteiger partial charge in [0.1, 0.15) is 5.82 Å². The van der Waals surface area contributed by atoms with Crippen LogP contribution in [0, 0.1) is 5.82 Å². The molecule has 0 spiro atoms. The number of anilines is 1. The zero-order chi connectivity index (χ0) is 14.8. The summed E-state index contributed by atoms with van der Waals surface area (Å²) in [5.41, 5.74) is 3.48. The molecule has 1 N–H and O–H groups in total. The molecule has 1 aliphatic rings. The van der Waals surface area contributed by atoms with Crippen LogP contribution in [0.5, 0.6) is 0 Å². The predicted octanol–water partition coefficient (Wildman–Crippen LogP) is 4.09. The van der Waals surface area contributed by atoms with Crippen LogP contribution in [0.2, 0.25) is 0 Å². The second kappa shape index (κ2) is 6.16. The maximum absolute atomic E-state index is 13.5. The molecule has 110 valence electrons. The Morgan fingerprint density at radius 3 is 2.95 bits per heavy atom. The van der Waals surface area contributed by atoms with Crippen molar-refractivity contribution < 1.29 is 4.39 Å². The highest BCUT2D eigenvalue weighted by Crippen LogP contribution is 2.27. The Bertz CT molecular complexity index is 644. The standard InChI is InChI=1S/C17H18BrFN2/c1-12-10-21(11-14-8-15(19)6-7-16(14)18)17-5-3-2-4-13(17)9-20-12/h2-8,12,20H,9-11H2,1H3. The third-order valence-electron chi connectivity index (χ3n) is 3.84. The fourth-order valence-corrected chi connectivity index (χ4v) is 3.14. The van der Waals surface area contributed by atoms with E-state index >= 15 is 0 Å². The van der Waals surface area contributed by atoms with Crippen LogP contribution >= 0.6 is 15.9 Å². The Labute approximate surface area is 133 Å². The van der Waals surface area contributed by atoms with E-state index in [0.717, 1.165) is 23.1 Å². The van der Waals surface area contributed by atoms with Gasteiger partial charge in [-0.1, -0.05) is 34.1 Å². The summed E-state index contributed by atoms with van der Waals surface area (Å²) in [7, 11) is 0. The van der Waals surface area contributed by atoms with Crippen molar-refractivity contribution in [3.05, 3.63) is 63.9 Å². The summed E-state index contributed by atoms with van der Waals surface area (Å²) in [6, 6.07) is 13.7. The maximum Gasteiger partial charge on any atom is 0.123 e. The molecule has 21 heavy (non-hydrogen) atoms. The Morgan fingerprint density at radius 2 is 2.10 bits per heavy atom. The third-order valence-corrected chi connectivity index (χ3v) is 4.61. The lowest BCUT2D eigenvalue weighted by Gasteiger charge is -2.27. The highest BCUT2D eigenvalue weighted by molar-refractivity contribution is 9.10. The smallest absolute Gasteiger partial charge is 0.123 e. The Hall–Kier alpha value is -1.39. The Morgan fingerprint density at radius 1 is 1.29 bits per heavy atom. The largest absolute Gasteiger partial charge is 0.365 e. The molecule has 0 saturated carbocycles. The third kappa shape index (κ3) is 3.27. The van der Waals surface area contributed by atoms with E-state index in [1.165, 1.54) is 17.3 Å². The molecule has 0 bridgehead atoms. The monoisotopic (exact) mass is 348 g/mol. The van der Waals surface area contributed by atoms with Crippen LogP contribution in [-0.4, -0.2) is 12.6 Å². The fourth-order valence-electron chi connectivity index (χ4n) is 2.77. The number of fused-ring (bicyclic) bond motifs is 1. The summed E-state index contributed by atoms with van der Waals surface area (Å²) in [6.45, 7) is 4.65. The Balaban J connectivity index is 1.94. The van der Waals surface area contributed by atoms with E-state index in [0.29, 0.717) is 12.6 Å². The lowest BCUT2D eigenvalue weighted by atomic mass is 10.1. The van der Waals surface area contributed by atoms with Gasteiger partial charge in [-0.15, -0.1) is 0 Å². The number of halogens is 2. The van der Waals surface area contributed by atoms with Crippen LogP contribution in [0.4, 0.5) is 10.1 Å². The Kier molecular flexibility index (Phi) is 4.27. The molecule has 2 nitrogen and oxygen atoms in total. The molecule has 1 heterocycles. The van der Waals surface area contributed by atoms with E-state index in [-0.39, 0.29) is 5.82 Å². The highest BCUT2D eigenvalue weighted by atomic mass is 79.9. The zero-order valence-corrected chi connectivity index (χ0v) is 13.5. The lowest BCUT2D eigenvalue weighted by Crippen LogP contribution is -2.35. The number of nitrogens with one attached hydrogen (secondary N) is 1. The van der Waals surface area contributed by atoms with Crippen molar-refractivity contribution in [2.24, 2.45) is 0 Å². The molecule has 2 aromatic carbocycles. The van der Waals surface area contributed by atoms with Gasteiger partial charge in [-0.2, -0.15) is 0 Å². The van der Waals surface area contributed by atoms with Crippen molar-refractivity contribution in [1.29, 1.82) is 0 Å². The SMILES string of the molecule is CC1CN(Cc2cc(F)ccc2Br)c2ccccc2CN1. The minimum atomic E-state index is -0.192. The second-order valence-electron chi connectivity index (χ2n) is 5.53. The summed E-state index contributed by atoms with van der Waals surface area (Å²) in [5, 5.41) is 3.51. The number of hydrogen-bond acceptors (Lipinski definition) is 2. The highest BCUT2D eigenvalue weighted by Gasteiger charge is 2.19. The normalized spacial score (nSPS) is 18.2. The van der Waals surface area contributed by atoms with Crippen molar-refractivity contribution in [2.75, 3.05) is 11.4 Å². The van der Waals surface area contributed by atoms with E-state index in [9.17, 15) is 4.39 Å². The summed E-state index contributed by atoms with van der Waals surface area (Å²) in [6.07, 6.45) is 0. The molecule has 0 aromatic heterocycles. The van der Waals surface area contributed by atoms with E-state index in [2.05, 4.69) is 57.3 Å². The first-order chi connectivity index (χ1) is 10.1. The van der Waals surface area contributed by atoms with Gasteiger partial charge in [0.05, 0.1) is 0 Å². The number of nitrogens with zero attached hydrogens (tertiary/aromatic N) is 1. The van der Waals surface area contributed by atoms with Crippen LogP contribution in [-0.2, 0) is 13.1 Å². The maximum atomic E-state index is 13.5. The van der Waals surface area contributed by atoms with E-state index < -0.39 is 0 Å². The minimum Gasteiger partial charge on any atom is -0.365 e. The molecule has 0 amide bonds. The first-order valence-electron chi connectivity index (χ1n) is 7.13. The van der Waals surface area contributed by atoms with Crippen LogP contribution in [0.15, 0.2) is 46.9 Å². The molecule has 0 fully saturated rings. The molecule has 3 rings (SSSR count). The van der Waals surface area contributed by atoms with E-state index in [4.69, 9.17) is 0 Å². The molecule has 1 unspecified atom stereocenters. The van der Waals surface area contributed by atoms with E-state index in [1.54, 1.807) is 12.1 Å². The van der Waals surface area contributed by atoms with Crippen molar-refractivity contribution in [2.45, 2.75) is 26.1 Å². The lowest BCUT2D eigenvalue weighted by molar-refractivity contribution is 0.551. The minimum absolute atomic E-state index is 0.192. The van der Waals surface area contributed by atoms with Crippen molar-refractivity contribution in [3.8, 4) is 0 Å². The first kappa shape index (κ1) is 14.5. The van der Waals surface area contributed by atoms with Gasteiger partial charge in [0.2, 0.25) is 0 Å². The van der Waals surface area contributed by atoms with Crippen LogP contribution < -0.4 is 10.2 Å². The quantitative estimate of drug-likeness (QED) is 0.879. The summed E-state index contributed by atoms with van der Waals surface area (Å²) < 4.78 is 14.5. The summed E-state index contributed by atoms with van der Waals surface area (Å²) in [4.78, 5) is 2.32. The van der Waals surface area contributed by atoms with Gasteiger partial charge in [0, 0.05) is 35.8 Å². The molecule has 4 heteroatoms. The van der Waals surface area contributed by atoms with Crippen LogP contribution in [0.1, 0.15) is 18.1 Å². The topological polar surface area (TPSA) is 15.3 Å². The van der Waals surface area contributed by atoms with Crippen LogP contribution in [0.25, 0.3) is 0 Å². The van der Waals surface area contributed by atoms with Gasteiger partial charge < -0.3 is 10.2 Å². The average molecular weight is 349 g/mol. The predicted molar refractivity (Wildman–Crippen MR) is 87.9 cm³/mol. The molecule has 1 aliphatic heterocycles. The van der Waals surface area contributed by atoms with Gasteiger partial charge in [-0.25, -0.2) is 4.39 Å². The molecular weight excluding hydrogens is 331 g/mol. The molecular formula is C17H18BrFN2. The van der Waals surface area contributed by atoms with Crippen LogP contribution in [0.3, 0.4) is 0 Å². The average Bonchev–Trinajstić information content (AvgIpc) is 2.63. The van der Waals surface area contributed by atoms with E-state index in [1.807, 2.05) is 0 Å². The molecule has 0 aliphatic carbocycles. The van der Waals surface area contributed by atoms with Crippen molar-refractivity contribution in [1.82, 2.24) is 5.32 Å².